The second kappa shape index (κ2) is 7.40. The number of carbonyl (C=O) groups excluding carboxylic acids is 1. The molecule has 0 saturated heterocycles. The predicted octanol–water partition coefficient (Wildman–Crippen LogP) is 3.87. The Morgan fingerprint density at radius 2 is 1.96 bits per heavy atom. The molecule has 1 aromatic heterocycles. The van der Waals surface area contributed by atoms with Crippen molar-refractivity contribution in [3.8, 4) is 5.75 Å². The molecular weight excluding hydrogens is 318 g/mol. The van der Waals surface area contributed by atoms with Gasteiger partial charge in [-0.2, -0.15) is 0 Å². The van der Waals surface area contributed by atoms with Crippen molar-refractivity contribution in [1.82, 2.24) is 5.32 Å². The third kappa shape index (κ3) is 3.51. The van der Waals surface area contributed by atoms with Crippen LogP contribution in [0.4, 0.5) is 0 Å². The summed E-state index contributed by atoms with van der Waals surface area (Å²) in [6.07, 6.45) is -0.218. The number of nitrogens with one attached hydrogen (secondary N) is 1. The van der Waals surface area contributed by atoms with E-state index in [1.807, 2.05) is 43.3 Å². The number of benzene rings is 2. The molecule has 1 atom stereocenters. The molecule has 0 saturated carbocycles. The topological polar surface area (TPSA) is 60.7 Å². The number of fused-ring (bicyclic) bond motifs is 1. The second-order valence-electron chi connectivity index (χ2n) is 5.78. The van der Waals surface area contributed by atoms with Gasteiger partial charge in [-0.15, -0.1) is 0 Å². The first-order valence-corrected chi connectivity index (χ1v) is 8.07. The number of furan rings is 1. The molecule has 0 aliphatic rings. The van der Waals surface area contributed by atoms with Crippen LogP contribution in [0.2, 0.25) is 0 Å². The molecule has 0 spiro atoms. The molecular formula is C20H21NO4. The molecule has 0 bridgehead atoms. The minimum Gasteiger partial charge on any atom is -0.493 e. The molecule has 5 nitrogen and oxygen atoms in total. The Hall–Kier alpha value is -2.79. The Morgan fingerprint density at radius 3 is 2.68 bits per heavy atom. The van der Waals surface area contributed by atoms with E-state index >= 15 is 0 Å². The normalized spacial score (nSPS) is 12.1. The van der Waals surface area contributed by atoms with Crippen molar-refractivity contribution < 1.29 is 18.7 Å². The maximum Gasteiger partial charge on any atom is 0.287 e. The summed E-state index contributed by atoms with van der Waals surface area (Å²) in [6.45, 7) is 2.38. The molecule has 2 aromatic carbocycles. The Balaban J connectivity index is 1.75. The van der Waals surface area contributed by atoms with Crippen LogP contribution in [0, 0.1) is 6.92 Å². The zero-order valence-electron chi connectivity index (χ0n) is 14.5. The third-order valence-electron chi connectivity index (χ3n) is 4.22. The van der Waals surface area contributed by atoms with Gasteiger partial charge in [0.2, 0.25) is 0 Å². The smallest absolute Gasteiger partial charge is 0.287 e. The summed E-state index contributed by atoms with van der Waals surface area (Å²) in [4.78, 5) is 12.4. The van der Waals surface area contributed by atoms with Crippen LogP contribution in [0.15, 0.2) is 52.9 Å². The molecule has 0 aliphatic heterocycles. The third-order valence-corrected chi connectivity index (χ3v) is 4.22. The van der Waals surface area contributed by atoms with Gasteiger partial charge in [-0.1, -0.05) is 36.4 Å². The van der Waals surface area contributed by atoms with Crippen molar-refractivity contribution in [2.45, 2.75) is 13.0 Å². The zero-order chi connectivity index (χ0) is 17.8. The van der Waals surface area contributed by atoms with E-state index in [1.54, 1.807) is 26.4 Å². The fraction of sp³-hybridized carbons (Fsp3) is 0.250. The van der Waals surface area contributed by atoms with Crippen molar-refractivity contribution in [2.24, 2.45) is 0 Å². The maximum absolute atomic E-state index is 12.4. The molecule has 1 heterocycles. The Morgan fingerprint density at radius 1 is 1.16 bits per heavy atom. The molecule has 25 heavy (non-hydrogen) atoms. The number of hydrogen-bond acceptors (Lipinski definition) is 4. The molecule has 1 unspecified atom stereocenters. The van der Waals surface area contributed by atoms with Gasteiger partial charge in [-0.3, -0.25) is 4.79 Å². The molecule has 3 aromatic rings. The highest BCUT2D eigenvalue weighted by Gasteiger charge is 2.18. The van der Waals surface area contributed by atoms with E-state index in [1.165, 1.54) is 0 Å². The molecule has 1 amide bonds. The molecule has 0 radical (unpaired) electrons. The Bertz CT molecular complexity index is 884. The van der Waals surface area contributed by atoms with Crippen LogP contribution < -0.4 is 10.1 Å². The fourth-order valence-electron chi connectivity index (χ4n) is 2.85. The number of amides is 1. The fourth-order valence-corrected chi connectivity index (χ4v) is 2.85. The van der Waals surface area contributed by atoms with Crippen LogP contribution >= 0.6 is 0 Å². The molecule has 3 rings (SSSR count). The van der Waals surface area contributed by atoms with Crippen molar-refractivity contribution in [1.29, 1.82) is 0 Å². The van der Waals surface area contributed by atoms with Crippen molar-refractivity contribution >= 4 is 16.9 Å². The number of rotatable bonds is 6. The number of aryl methyl sites for hydroxylation is 1. The number of methoxy groups -OCH3 is 2. The van der Waals surface area contributed by atoms with Crippen LogP contribution in [0.3, 0.4) is 0 Å². The van der Waals surface area contributed by atoms with Crippen LogP contribution in [0.5, 0.6) is 5.75 Å². The summed E-state index contributed by atoms with van der Waals surface area (Å²) in [5.74, 6) is 0.569. The van der Waals surface area contributed by atoms with E-state index in [4.69, 9.17) is 13.9 Å². The SMILES string of the molecule is COc1cccc2cc(C(=O)NCC(OC)c3ccccc3C)oc12. The van der Waals surface area contributed by atoms with Crippen LogP contribution in [0.25, 0.3) is 11.0 Å². The number of para-hydroxylation sites is 1. The first-order valence-electron chi connectivity index (χ1n) is 8.07. The number of carbonyl (C=O) groups is 1. The van der Waals surface area contributed by atoms with E-state index in [0.717, 1.165) is 16.5 Å². The summed E-state index contributed by atoms with van der Waals surface area (Å²) >= 11 is 0. The monoisotopic (exact) mass is 339 g/mol. The summed E-state index contributed by atoms with van der Waals surface area (Å²) < 4.78 is 16.5. The predicted molar refractivity (Wildman–Crippen MR) is 96.0 cm³/mol. The summed E-state index contributed by atoms with van der Waals surface area (Å²) in [7, 11) is 3.21. The highest BCUT2D eigenvalue weighted by atomic mass is 16.5. The van der Waals surface area contributed by atoms with Gasteiger partial charge in [0, 0.05) is 19.0 Å². The van der Waals surface area contributed by atoms with Crippen LogP contribution in [-0.4, -0.2) is 26.7 Å². The highest BCUT2D eigenvalue weighted by molar-refractivity contribution is 5.97. The van der Waals surface area contributed by atoms with E-state index in [0.29, 0.717) is 17.9 Å². The zero-order valence-corrected chi connectivity index (χ0v) is 14.5. The second-order valence-corrected chi connectivity index (χ2v) is 5.78. The Labute approximate surface area is 146 Å². The maximum atomic E-state index is 12.4. The lowest BCUT2D eigenvalue weighted by atomic mass is 10.0. The van der Waals surface area contributed by atoms with Crippen LogP contribution in [-0.2, 0) is 4.74 Å². The van der Waals surface area contributed by atoms with Gasteiger partial charge in [0.1, 0.15) is 0 Å². The number of ether oxygens (including phenoxy) is 2. The summed E-state index contributed by atoms with van der Waals surface area (Å²) in [5, 5.41) is 3.70. The quantitative estimate of drug-likeness (QED) is 0.741. The summed E-state index contributed by atoms with van der Waals surface area (Å²) in [5.41, 5.74) is 2.74. The minimum atomic E-state index is -0.283. The van der Waals surface area contributed by atoms with Gasteiger partial charge in [-0.05, 0) is 30.2 Å². The average Bonchev–Trinajstić information content (AvgIpc) is 3.07. The lowest BCUT2D eigenvalue weighted by Gasteiger charge is -2.18. The molecule has 130 valence electrons. The van der Waals surface area contributed by atoms with E-state index in [-0.39, 0.29) is 17.8 Å². The van der Waals surface area contributed by atoms with E-state index in [2.05, 4.69) is 5.32 Å². The number of hydrogen-bond donors (Lipinski definition) is 1. The largest absolute Gasteiger partial charge is 0.493 e. The summed E-state index contributed by atoms with van der Waals surface area (Å²) in [6, 6.07) is 15.2. The molecule has 5 heteroatoms. The first kappa shape index (κ1) is 17.0. The van der Waals surface area contributed by atoms with Crippen molar-refractivity contribution in [3.05, 3.63) is 65.4 Å². The minimum absolute atomic E-state index is 0.218. The standard InChI is InChI=1S/C20H21NO4/c1-13-7-4-5-9-15(13)18(24-3)12-21-20(22)17-11-14-8-6-10-16(23-2)19(14)25-17/h4-11,18H,12H2,1-3H3,(H,21,22). The lowest BCUT2D eigenvalue weighted by Crippen LogP contribution is -2.29. The van der Waals surface area contributed by atoms with Gasteiger partial charge in [0.25, 0.3) is 5.91 Å². The van der Waals surface area contributed by atoms with Crippen molar-refractivity contribution in [2.75, 3.05) is 20.8 Å². The van der Waals surface area contributed by atoms with Crippen molar-refractivity contribution in [3.63, 3.8) is 0 Å². The highest BCUT2D eigenvalue weighted by Crippen LogP contribution is 2.28. The molecule has 0 aliphatic carbocycles. The van der Waals surface area contributed by atoms with Gasteiger partial charge in [-0.25, -0.2) is 0 Å². The van der Waals surface area contributed by atoms with Gasteiger partial charge in [0.15, 0.2) is 17.1 Å². The molecule has 0 fully saturated rings. The average molecular weight is 339 g/mol. The van der Waals surface area contributed by atoms with Gasteiger partial charge in [0.05, 0.1) is 13.2 Å². The van der Waals surface area contributed by atoms with Crippen LogP contribution in [0.1, 0.15) is 27.8 Å². The van der Waals surface area contributed by atoms with Gasteiger partial charge < -0.3 is 19.2 Å². The first-order chi connectivity index (χ1) is 12.1. The van der Waals surface area contributed by atoms with E-state index < -0.39 is 0 Å². The van der Waals surface area contributed by atoms with Gasteiger partial charge >= 0.3 is 0 Å². The lowest BCUT2D eigenvalue weighted by molar-refractivity contribution is 0.0807. The van der Waals surface area contributed by atoms with E-state index in [9.17, 15) is 4.79 Å². The molecule has 1 N–H and O–H groups in total. The Kier molecular flexibility index (Phi) is 5.05.